The second-order valence-corrected chi connectivity index (χ2v) is 3.21. The molecular weight excluding hydrogens is 273 g/mol. The molecule has 0 amide bonds. The van der Waals surface area contributed by atoms with Gasteiger partial charge in [-0.3, -0.25) is 0 Å². The Morgan fingerprint density at radius 1 is 1.44 bits per heavy atom. The van der Waals surface area contributed by atoms with E-state index in [0.717, 1.165) is 6.07 Å². The average Bonchev–Trinajstić information content (AvgIpc) is 2.26. The lowest BCUT2D eigenvalue weighted by Gasteiger charge is -2.19. The Labute approximate surface area is 107 Å². The summed E-state index contributed by atoms with van der Waals surface area (Å²) in [4.78, 5) is 0. The fraction of sp³-hybridized carbons (Fsp3) is 0.300. The number of rotatable bonds is 2. The number of nitrogens with zero attached hydrogens (tertiary/aromatic N) is 1. The molecule has 1 aromatic rings. The van der Waals surface area contributed by atoms with Gasteiger partial charge >= 0.3 is 6.18 Å². The molecule has 0 unspecified atom stereocenters. The highest BCUT2D eigenvalue weighted by Crippen LogP contribution is 2.41. The number of alkyl halides is 3. The van der Waals surface area contributed by atoms with Crippen molar-refractivity contribution in [3.05, 3.63) is 23.3 Å². The Hall–Kier alpha value is -1.65. The number of halogens is 4. The van der Waals surface area contributed by atoms with Crippen LogP contribution in [-0.2, 0) is 0 Å². The maximum Gasteiger partial charge on any atom is 0.407 e. The third-order valence-corrected chi connectivity index (χ3v) is 2.18. The van der Waals surface area contributed by atoms with Crippen LogP contribution in [0.25, 0.3) is 0 Å². The highest BCUT2D eigenvalue weighted by Gasteiger charge is 2.41. The van der Waals surface area contributed by atoms with Crippen LogP contribution in [0.2, 0.25) is 0 Å². The van der Waals surface area contributed by atoms with Crippen LogP contribution < -0.4 is 10.5 Å². The quantitative estimate of drug-likeness (QED) is 0.872. The van der Waals surface area contributed by atoms with Crippen LogP contribution in [0.4, 0.5) is 13.2 Å². The molecule has 1 rings (SSSR count). The summed E-state index contributed by atoms with van der Waals surface area (Å²) in [6.07, 6.45) is -4.75. The molecule has 1 atom stereocenters. The molecule has 0 bridgehead atoms. The van der Waals surface area contributed by atoms with Gasteiger partial charge in [0, 0.05) is 5.56 Å². The van der Waals surface area contributed by atoms with Gasteiger partial charge in [0.15, 0.2) is 11.5 Å². The summed E-state index contributed by atoms with van der Waals surface area (Å²) in [7, 11) is 1.18. The Kier molecular flexibility index (Phi) is 5.27. The fourth-order valence-electron chi connectivity index (χ4n) is 1.33. The minimum Gasteiger partial charge on any atom is -0.504 e. The first-order chi connectivity index (χ1) is 7.82. The van der Waals surface area contributed by atoms with Crippen LogP contribution in [0.15, 0.2) is 12.1 Å². The van der Waals surface area contributed by atoms with Crippen LogP contribution in [0, 0.1) is 11.3 Å². The number of benzene rings is 1. The predicted molar refractivity (Wildman–Crippen MR) is 59.6 cm³/mol. The maximum atomic E-state index is 12.5. The summed E-state index contributed by atoms with van der Waals surface area (Å²) in [5.41, 5.74) is 3.96. The van der Waals surface area contributed by atoms with Crippen molar-refractivity contribution in [3.8, 4) is 17.6 Å². The summed E-state index contributed by atoms with van der Waals surface area (Å²) in [5.74, 6) is -0.935. The van der Waals surface area contributed by atoms with Crippen LogP contribution in [0.1, 0.15) is 17.2 Å². The lowest BCUT2D eigenvalue weighted by molar-refractivity contribution is -0.149. The van der Waals surface area contributed by atoms with E-state index >= 15 is 0 Å². The van der Waals surface area contributed by atoms with E-state index in [1.54, 1.807) is 6.07 Å². The molecule has 3 N–H and O–H groups in total. The zero-order valence-corrected chi connectivity index (χ0v) is 9.97. The Morgan fingerprint density at radius 2 is 2.00 bits per heavy atom. The minimum absolute atomic E-state index is 0. The molecule has 1 aromatic carbocycles. The molecule has 0 aromatic heterocycles. The number of phenolic OH excluding ortho intramolecular Hbond substituents is 1. The van der Waals surface area contributed by atoms with Crippen molar-refractivity contribution in [3.63, 3.8) is 0 Å². The van der Waals surface area contributed by atoms with Crippen molar-refractivity contribution < 1.29 is 23.0 Å². The summed E-state index contributed by atoms with van der Waals surface area (Å²) >= 11 is 0. The average molecular weight is 283 g/mol. The molecule has 8 heteroatoms. The van der Waals surface area contributed by atoms with Gasteiger partial charge in [0.1, 0.15) is 6.04 Å². The maximum absolute atomic E-state index is 12.5. The highest BCUT2D eigenvalue weighted by atomic mass is 35.5. The summed E-state index contributed by atoms with van der Waals surface area (Å²) < 4.78 is 42.1. The second kappa shape index (κ2) is 5.80. The lowest BCUT2D eigenvalue weighted by atomic mass is 9.99. The zero-order chi connectivity index (χ0) is 13.2. The molecule has 0 fully saturated rings. The van der Waals surface area contributed by atoms with Gasteiger partial charge in [-0.25, -0.2) is 0 Å². The molecule has 0 saturated carbocycles. The molecule has 0 heterocycles. The smallest absolute Gasteiger partial charge is 0.407 e. The van der Waals surface area contributed by atoms with Crippen molar-refractivity contribution in [1.82, 2.24) is 0 Å². The van der Waals surface area contributed by atoms with Gasteiger partial charge in [-0.2, -0.15) is 18.4 Å². The van der Waals surface area contributed by atoms with E-state index < -0.39 is 23.5 Å². The van der Waals surface area contributed by atoms with Crippen molar-refractivity contribution >= 4 is 12.4 Å². The summed E-state index contributed by atoms with van der Waals surface area (Å²) in [6.45, 7) is 0. The van der Waals surface area contributed by atoms with Gasteiger partial charge in [0.25, 0.3) is 0 Å². The zero-order valence-electron chi connectivity index (χ0n) is 9.15. The van der Waals surface area contributed by atoms with Crippen molar-refractivity contribution in [2.75, 3.05) is 7.11 Å². The summed E-state index contributed by atoms with van der Waals surface area (Å²) in [5, 5.41) is 18.3. The number of hydrogen-bond acceptors (Lipinski definition) is 4. The van der Waals surface area contributed by atoms with Crippen molar-refractivity contribution in [1.29, 1.82) is 5.26 Å². The molecular formula is C10H10ClF3N2O2. The van der Waals surface area contributed by atoms with E-state index in [1.165, 1.54) is 13.2 Å². The van der Waals surface area contributed by atoms with E-state index in [9.17, 15) is 18.3 Å². The Balaban J connectivity index is 0.00000289. The van der Waals surface area contributed by atoms with Crippen LogP contribution in [0.3, 0.4) is 0 Å². The van der Waals surface area contributed by atoms with Crippen LogP contribution in [-0.4, -0.2) is 18.4 Å². The van der Waals surface area contributed by atoms with Gasteiger partial charge in [0.05, 0.1) is 18.7 Å². The normalized spacial score (nSPS) is 12.2. The van der Waals surface area contributed by atoms with Crippen molar-refractivity contribution in [2.24, 2.45) is 5.73 Å². The number of aromatic hydroxyl groups is 1. The van der Waals surface area contributed by atoms with E-state index in [-0.39, 0.29) is 23.7 Å². The third kappa shape index (κ3) is 2.97. The minimum atomic E-state index is -4.75. The molecule has 0 aliphatic heterocycles. The lowest BCUT2D eigenvalue weighted by Crippen LogP contribution is -2.29. The molecule has 4 nitrogen and oxygen atoms in total. The molecule has 0 aliphatic carbocycles. The second-order valence-electron chi connectivity index (χ2n) is 3.21. The SMILES string of the molecule is COc1ccc(C#N)c([C@@H](N)C(F)(F)F)c1O.Cl. The van der Waals surface area contributed by atoms with Crippen LogP contribution in [0.5, 0.6) is 11.5 Å². The monoisotopic (exact) mass is 282 g/mol. The molecule has 0 aliphatic rings. The van der Waals surface area contributed by atoms with Crippen molar-refractivity contribution in [2.45, 2.75) is 12.2 Å². The summed E-state index contributed by atoms with van der Waals surface area (Å²) in [6, 6.07) is 1.41. The Morgan fingerprint density at radius 3 is 2.39 bits per heavy atom. The molecule has 0 radical (unpaired) electrons. The van der Waals surface area contributed by atoms with Crippen LogP contribution >= 0.6 is 12.4 Å². The van der Waals surface area contributed by atoms with Gasteiger partial charge in [-0.05, 0) is 12.1 Å². The van der Waals surface area contributed by atoms with E-state index in [0.29, 0.717) is 0 Å². The number of nitrogens with two attached hydrogens (primary N) is 1. The third-order valence-electron chi connectivity index (χ3n) is 2.18. The number of ether oxygens (including phenoxy) is 1. The van der Waals surface area contributed by atoms with Gasteiger partial charge < -0.3 is 15.6 Å². The molecule has 0 saturated heterocycles. The first-order valence-corrected chi connectivity index (χ1v) is 4.45. The largest absolute Gasteiger partial charge is 0.504 e. The molecule has 100 valence electrons. The predicted octanol–water partition coefficient (Wildman–Crippen LogP) is 2.26. The van der Waals surface area contributed by atoms with E-state index in [2.05, 4.69) is 4.74 Å². The number of nitriles is 1. The first kappa shape index (κ1) is 16.4. The number of hydrogen-bond donors (Lipinski definition) is 2. The van der Waals surface area contributed by atoms with Gasteiger partial charge in [0.2, 0.25) is 0 Å². The Bertz CT molecular complexity index is 471. The number of phenols is 1. The van der Waals surface area contributed by atoms with Gasteiger partial charge in [-0.1, -0.05) is 0 Å². The molecule has 18 heavy (non-hydrogen) atoms. The van der Waals surface area contributed by atoms with E-state index in [1.807, 2.05) is 0 Å². The highest BCUT2D eigenvalue weighted by molar-refractivity contribution is 5.85. The number of methoxy groups -OCH3 is 1. The first-order valence-electron chi connectivity index (χ1n) is 4.45. The van der Waals surface area contributed by atoms with Gasteiger partial charge in [-0.15, -0.1) is 12.4 Å². The van der Waals surface area contributed by atoms with E-state index in [4.69, 9.17) is 11.0 Å². The fourth-order valence-corrected chi connectivity index (χ4v) is 1.33. The topological polar surface area (TPSA) is 79.3 Å². The molecule has 0 spiro atoms. The standard InChI is InChI=1S/C10H9F3N2O2.ClH/c1-17-6-3-2-5(4-14)7(8(6)16)9(15)10(11,12)13;/h2-3,9,16H,15H2,1H3;1H/t9-;/m1./s1.